The van der Waals surface area contributed by atoms with E-state index >= 15 is 0 Å². The summed E-state index contributed by atoms with van der Waals surface area (Å²) in [6, 6.07) is 13.2. The van der Waals surface area contributed by atoms with Crippen molar-refractivity contribution in [3.8, 4) is 11.5 Å². The number of pyridine rings is 1. The first-order chi connectivity index (χ1) is 11.2. The Labute approximate surface area is 133 Å². The van der Waals surface area contributed by atoms with Crippen LogP contribution >= 0.6 is 0 Å². The summed E-state index contributed by atoms with van der Waals surface area (Å²) in [7, 11) is 0. The van der Waals surface area contributed by atoms with Gasteiger partial charge in [-0.25, -0.2) is 4.98 Å². The van der Waals surface area contributed by atoms with E-state index < -0.39 is 0 Å². The molecule has 6 nitrogen and oxygen atoms in total. The van der Waals surface area contributed by atoms with E-state index in [4.69, 9.17) is 4.42 Å². The van der Waals surface area contributed by atoms with Crippen molar-refractivity contribution in [3.05, 3.63) is 60.1 Å². The molecule has 0 radical (unpaired) electrons. The molecule has 0 saturated carbocycles. The molecule has 0 fully saturated rings. The van der Waals surface area contributed by atoms with Gasteiger partial charge in [0.15, 0.2) is 0 Å². The summed E-state index contributed by atoms with van der Waals surface area (Å²) >= 11 is 0. The highest BCUT2D eigenvalue weighted by atomic mass is 16.4. The fraction of sp³-hybridized carbons (Fsp3) is 0.176. The number of rotatable bonds is 5. The molecule has 0 spiro atoms. The third kappa shape index (κ3) is 3.79. The van der Waals surface area contributed by atoms with Gasteiger partial charge < -0.3 is 9.73 Å². The van der Waals surface area contributed by atoms with Gasteiger partial charge in [-0.2, -0.15) is 0 Å². The van der Waals surface area contributed by atoms with Gasteiger partial charge in [0.2, 0.25) is 17.7 Å². The number of anilines is 1. The molecule has 116 valence electrons. The summed E-state index contributed by atoms with van der Waals surface area (Å²) in [5.74, 6) is 1.34. The number of hydrogen-bond donors (Lipinski definition) is 1. The van der Waals surface area contributed by atoms with E-state index in [2.05, 4.69) is 20.5 Å². The maximum atomic E-state index is 12.0. The van der Waals surface area contributed by atoms with Crippen molar-refractivity contribution in [2.24, 2.45) is 0 Å². The Bertz CT molecular complexity index is 799. The maximum Gasteiger partial charge on any atom is 0.247 e. The molecule has 0 aliphatic carbocycles. The zero-order valence-corrected chi connectivity index (χ0v) is 12.7. The number of aromatic nitrogens is 3. The molecule has 0 bridgehead atoms. The lowest BCUT2D eigenvalue weighted by Gasteiger charge is -2.05. The Kier molecular flexibility index (Phi) is 4.42. The summed E-state index contributed by atoms with van der Waals surface area (Å²) < 4.78 is 5.58. The summed E-state index contributed by atoms with van der Waals surface area (Å²) in [5, 5.41) is 10.8. The number of nitrogens with zero attached hydrogens (tertiary/aromatic N) is 3. The molecule has 2 aromatic heterocycles. The molecule has 0 saturated heterocycles. The van der Waals surface area contributed by atoms with Crippen LogP contribution in [0.2, 0.25) is 0 Å². The molecular formula is C17H16N4O2. The second-order valence-corrected chi connectivity index (χ2v) is 5.08. The van der Waals surface area contributed by atoms with Gasteiger partial charge in [0.05, 0.1) is 0 Å². The van der Waals surface area contributed by atoms with Crippen LogP contribution in [0.5, 0.6) is 0 Å². The molecule has 0 atom stereocenters. The maximum absolute atomic E-state index is 12.0. The molecule has 0 aliphatic heterocycles. The van der Waals surface area contributed by atoms with Gasteiger partial charge in [-0.15, -0.1) is 10.2 Å². The summed E-state index contributed by atoms with van der Waals surface area (Å²) in [6.45, 7) is 1.90. The van der Waals surface area contributed by atoms with Gasteiger partial charge in [0.1, 0.15) is 5.82 Å². The molecular weight excluding hydrogens is 292 g/mol. The zero-order chi connectivity index (χ0) is 16.1. The minimum atomic E-state index is -0.133. The predicted octanol–water partition coefficient (Wildman–Crippen LogP) is 3.01. The fourth-order valence-electron chi connectivity index (χ4n) is 2.08. The van der Waals surface area contributed by atoms with E-state index in [-0.39, 0.29) is 12.3 Å². The molecule has 0 unspecified atom stereocenters. The van der Waals surface area contributed by atoms with E-state index in [9.17, 15) is 4.79 Å². The lowest BCUT2D eigenvalue weighted by Crippen LogP contribution is -2.14. The molecule has 1 aromatic carbocycles. The first-order valence-corrected chi connectivity index (χ1v) is 7.31. The van der Waals surface area contributed by atoms with Gasteiger partial charge in [-0.3, -0.25) is 4.79 Å². The molecule has 6 heteroatoms. The average molecular weight is 308 g/mol. The first kappa shape index (κ1) is 14.9. The van der Waals surface area contributed by atoms with Gasteiger partial charge in [0.25, 0.3) is 0 Å². The van der Waals surface area contributed by atoms with Crippen molar-refractivity contribution in [3.63, 3.8) is 0 Å². The summed E-state index contributed by atoms with van der Waals surface area (Å²) in [5.41, 5.74) is 1.78. The van der Waals surface area contributed by atoms with E-state index in [0.717, 1.165) is 11.1 Å². The average Bonchev–Trinajstić information content (AvgIpc) is 3.05. The van der Waals surface area contributed by atoms with E-state index in [0.29, 0.717) is 24.0 Å². The second-order valence-electron chi connectivity index (χ2n) is 5.08. The standard InChI is InChI=1S/C17H16N4O2/c1-12-6-5-11-18-16(12)19-14(22)9-10-15-20-21-17(23-15)13-7-3-2-4-8-13/h2-8,11H,9-10H2,1H3,(H,18,19,22). The lowest BCUT2D eigenvalue weighted by atomic mass is 10.2. The summed E-state index contributed by atoms with van der Waals surface area (Å²) in [6.07, 6.45) is 2.29. The number of aryl methyl sites for hydroxylation is 2. The Hall–Kier alpha value is -3.02. The van der Waals surface area contributed by atoms with Gasteiger partial charge in [-0.1, -0.05) is 24.3 Å². The van der Waals surface area contributed by atoms with Crippen LogP contribution in [0.4, 0.5) is 5.82 Å². The quantitative estimate of drug-likeness (QED) is 0.783. The number of benzene rings is 1. The van der Waals surface area contributed by atoms with Crippen molar-refractivity contribution in [2.45, 2.75) is 19.8 Å². The molecule has 1 amide bonds. The first-order valence-electron chi connectivity index (χ1n) is 7.31. The number of amides is 1. The smallest absolute Gasteiger partial charge is 0.247 e. The van der Waals surface area contributed by atoms with Crippen molar-refractivity contribution < 1.29 is 9.21 Å². The van der Waals surface area contributed by atoms with Crippen molar-refractivity contribution in [1.82, 2.24) is 15.2 Å². The molecule has 3 rings (SSSR count). The van der Waals surface area contributed by atoms with E-state index in [1.165, 1.54) is 0 Å². The monoisotopic (exact) mass is 308 g/mol. The Morgan fingerprint density at radius 1 is 1.13 bits per heavy atom. The van der Waals surface area contributed by atoms with Crippen LogP contribution in [-0.2, 0) is 11.2 Å². The SMILES string of the molecule is Cc1cccnc1NC(=O)CCc1nnc(-c2ccccc2)o1. The third-order valence-corrected chi connectivity index (χ3v) is 3.32. The molecule has 23 heavy (non-hydrogen) atoms. The van der Waals surface area contributed by atoms with Crippen LogP contribution in [0.15, 0.2) is 53.1 Å². The summed E-state index contributed by atoms with van der Waals surface area (Å²) in [4.78, 5) is 16.1. The zero-order valence-electron chi connectivity index (χ0n) is 12.7. The van der Waals surface area contributed by atoms with E-state index in [1.54, 1.807) is 6.20 Å². The van der Waals surface area contributed by atoms with Crippen LogP contribution in [0.1, 0.15) is 17.9 Å². The minimum absolute atomic E-state index is 0.133. The van der Waals surface area contributed by atoms with Gasteiger partial charge >= 0.3 is 0 Å². The lowest BCUT2D eigenvalue weighted by molar-refractivity contribution is -0.116. The highest BCUT2D eigenvalue weighted by Gasteiger charge is 2.11. The van der Waals surface area contributed by atoms with Gasteiger partial charge in [-0.05, 0) is 30.7 Å². The normalized spacial score (nSPS) is 10.5. The fourth-order valence-corrected chi connectivity index (χ4v) is 2.08. The predicted molar refractivity (Wildman–Crippen MR) is 85.7 cm³/mol. The second kappa shape index (κ2) is 6.83. The van der Waals surface area contributed by atoms with Crippen LogP contribution < -0.4 is 5.32 Å². The largest absolute Gasteiger partial charge is 0.421 e. The van der Waals surface area contributed by atoms with Gasteiger partial charge in [0, 0.05) is 24.6 Å². The minimum Gasteiger partial charge on any atom is -0.421 e. The Balaban J connectivity index is 1.58. The van der Waals surface area contributed by atoms with E-state index in [1.807, 2.05) is 49.4 Å². The van der Waals surface area contributed by atoms with Crippen LogP contribution in [0, 0.1) is 6.92 Å². The third-order valence-electron chi connectivity index (χ3n) is 3.32. The number of nitrogens with one attached hydrogen (secondary N) is 1. The highest BCUT2D eigenvalue weighted by Crippen LogP contribution is 2.17. The number of carbonyl (C=O) groups excluding carboxylic acids is 1. The molecule has 1 N–H and O–H groups in total. The highest BCUT2D eigenvalue weighted by molar-refractivity contribution is 5.90. The van der Waals surface area contributed by atoms with Crippen molar-refractivity contribution >= 4 is 11.7 Å². The van der Waals surface area contributed by atoms with Crippen LogP contribution in [0.25, 0.3) is 11.5 Å². The van der Waals surface area contributed by atoms with Crippen LogP contribution in [0.3, 0.4) is 0 Å². The Morgan fingerprint density at radius 3 is 2.74 bits per heavy atom. The van der Waals surface area contributed by atoms with Crippen LogP contribution in [-0.4, -0.2) is 21.1 Å². The molecule has 0 aliphatic rings. The van der Waals surface area contributed by atoms with Crippen molar-refractivity contribution in [1.29, 1.82) is 0 Å². The topological polar surface area (TPSA) is 80.9 Å². The molecule has 2 heterocycles. The number of hydrogen-bond acceptors (Lipinski definition) is 5. The molecule has 3 aromatic rings. The Morgan fingerprint density at radius 2 is 1.96 bits per heavy atom. The number of carbonyl (C=O) groups is 1. The van der Waals surface area contributed by atoms with Crippen molar-refractivity contribution in [2.75, 3.05) is 5.32 Å².